The number of aliphatic hydroxyl groups is 1. The van der Waals surface area contributed by atoms with E-state index in [1.54, 1.807) is 18.2 Å². The van der Waals surface area contributed by atoms with E-state index in [1.807, 2.05) is 23.1 Å². The van der Waals surface area contributed by atoms with Crippen LogP contribution in [0.2, 0.25) is 10.0 Å². The third kappa shape index (κ3) is 5.64. The average Bonchev–Trinajstić information content (AvgIpc) is 2.80. The summed E-state index contributed by atoms with van der Waals surface area (Å²) in [6, 6.07) is 12.7. The van der Waals surface area contributed by atoms with Crippen LogP contribution in [0.15, 0.2) is 42.5 Å². The number of amides is 1. The van der Waals surface area contributed by atoms with E-state index in [2.05, 4.69) is 31.9 Å². The molecule has 0 aromatic heterocycles. The zero-order valence-electron chi connectivity index (χ0n) is 20.8. The molecule has 190 valence electrons. The van der Waals surface area contributed by atoms with Gasteiger partial charge in [0.25, 0.3) is 0 Å². The number of nitrogens with zero attached hydrogens (tertiary/aromatic N) is 2. The molecule has 5 nitrogen and oxygen atoms in total. The monoisotopic (exact) mass is 518 g/mol. The van der Waals surface area contributed by atoms with E-state index in [0.29, 0.717) is 23.0 Å². The fraction of sp³-hybridized carbons (Fsp3) is 0.536. The van der Waals surface area contributed by atoms with Crippen LogP contribution in [0.5, 0.6) is 5.75 Å². The van der Waals surface area contributed by atoms with E-state index in [-0.39, 0.29) is 41.4 Å². The number of fused-ring (bicyclic) bond motifs is 1. The molecule has 0 radical (unpaired) electrons. The number of phenols is 1. The minimum Gasteiger partial charge on any atom is -0.508 e. The molecule has 7 heteroatoms. The van der Waals surface area contributed by atoms with Gasteiger partial charge in [0.2, 0.25) is 5.91 Å². The molecule has 0 spiro atoms. The smallest absolute Gasteiger partial charge is 0.227 e. The van der Waals surface area contributed by atoms with Crippen LogP contribution >= 0.6 is 23.2 Å². The SMILES string of the molecule is CC(C)CN(C(=O)Cc1ccc(Cl)c(Cl)c1)[C@@H]1CC(O)[C@@H]2CN(C)CC[C@@]2(c2cccc(O)c2)C1. The summed E-state index contributed by atoms with van der Waals surface area (Å²) >= 11 is 12.3. The van der Waals surface area contributed by atoms with Gasteiger partial charge in [0.1, 0.15) is 5.75 Å². The number of benzene rings is 2. The van der Waals surface area contributed by atoms with Crippen LogP contribution in [-0.2, 0) is 16.6 Å². The maximum absolute atomic E-state index is 13.7. The Kier molecular flexibility index (Phi) is 8.02. The Hall–Kier alpha value is -1.79. The number of aliphatic hydroxyl groups excluding tert-OH is 1. The first-order valence-electron chi connectivity index (χ1n) is 12.5. The maximum Gasteiger partial charge on any atom is 0.227 e. The van der Waals surface area contributed by atoms with Gasteiger partial charge < -0.3 is 20.0 Å². The molecule has 1 unspecified atom stereocenters. The number of rotatable bonds is 6. The van der Waals surface area contributed by atoms with Crippen molar-refractivity contribution in [1.29, 1.82) is 0 Å². The predicted octanol–water partition coefficient (Wildman–Crippen LogP) is 5.14. The second-order valence-corrected chi connectivity index (χ2v) is 11.7. The number of halogens is 2. The van der Waals surface area contributed by atoms with Crippen molar-refractivity contribution in [2.24, 2.45) is 11.8 Å². The molecule has 35 heavy (non-hydrogen) atoms. The molecule has 0 bridgehead atoms. The summed E-state index contributed by atoms with van der Waals surface area (Å²) in [6.07, 6.45) is 1.90. The van der Waals surface area contributed by atoms with Gasteiger partial charge in [-0.15, -0.1) is 0 Å². The molecular formula is C28H36Cl2N2O3. The molecule has 2 N–H and O–H groups in total. The van der Waals surface area contributed by atoms with E-state index >= 15 is 0 Å². The van der Waals surface area contributed by atoms with E-state index in [1.165, 1.54) is 0 Å². The van der Waals surface area contributed by atoms with Crippen LogP contribution in [0.4, 0.5) is 0 Å². The summed E-state index contributed by atoms with van der Waals surface area (Å²) in [6.45, 7) is 6.56. The molecule has 1 amide bonds. The second-order valence-electron chi connectivity index (χ2n) is 10.9. The number of carbonyl (C=O) groups is 1. The number of piperidine rings is 1. The zero-order chi connectivity index (χ0) is 25.3. The van der Waals surface area contributed by atoms with E-state index < -0.39 is 6.10 Å². The lowest BCUT2D eigenvalue weighted by Gasteiger charge is -2.56. The van der Waals surface area contributed by atoms with E-state index in [9.17, 15) is 15.0 Å². The molecule has 2 aromatic rings. The second kappa shape index (κ2) is 10.7. The predicted molar refractivity (Wildman–Crippen MR) is 141 cm³/mol. The topological polar surface area (TPSA) is 64.0 Å². The van der Waals surface area contributed by atoms with Gasteiger partial charge in [0, 0.05) is 30.5 Å². The molecule has 2 aromatic carbocycles. The summed E-state index contributed by atoms with van der Waals surface area (Å²) < 4.78 is 0. The summed E-state index contributed by atoms with van der Waals surface area (Å²) in [7, 11) is 2.09. The van der Waals surface area contributed by atoms with Gasteiger partial charge >= 0.3 is 0 Å². The van der Waals surface area contributed by atoms with Gasteiger partial charge in [0.05, 0.1) is 22.6 Å². The van der Waals surface area contributed by atoms with Crippen molar-refractivity contribution < 1.29 is 15.0 Å². The molecule has 1 heterocycles. The number of aromatic hydroxyl groups is 1. The standard InChI is InChI=1S/C28H36Cl2N2O3/c1-18(2)16-32(27(35)12-19-7-8-24(29)25(30)11-19)21-14-26(34)23-17-31(3)10-9-28(23,15-21)20-5-4-6-22(33)13-20/h4-8,11,13,18,21,23,26,33-34H,9-10,12,14-17H2,1-3H3/t21-,23+,26?,28+/m1/s1. The van der Waals surface area contributed by atoms with Crippen LogP contribution in [0, 0.1) is 11.8 Å². The maximum atomic E-state index is 13.7. The fourth-order valence-electron chi connectivity index (χ4n) is 6.17. The minimum absolute atomic E-state index is 0.0340. The van der Waals surface area contributed by atoms with Crippen molar-refractivity contribution in [3.63, 3.8) is 0 Å². The molecule has 1 aliphatic heterocycles. The highest BCUT2D eigenvalue weighted by atomic mass is 35.5. The Balaban J connectivity index is 1.67. The number of hydrogen-bond acceptors (Lipinski definition) is 4. The Morgan fingerprint density at radius 2 is 1.97 bits per heavy atom. The van der Waals surface area contributed by atoms with Gasteiger partial charge in [-0.1, -0.05) is 55.2 Å². The van der Waals surface area contributed by atoms with Gasteiger partial charge in [-0.25, -0.2) is 0 Å². The van der Waals surface area contributed by atoms with Gasteiger partial charge in [-0.05, 0) is 74.2 Å². The highest BCUT2D eigenvalue weighted by Gasteiger charge is 2.53. The largest absolute Gasteiger partial charge is 0.508 e. The number of hydrogen-bond donors (Lipinski definition) is 2. The lowest BCUT2D eigenvalue weighted by Crippen LogP contribution is -2.61. The summed E-state index contributed by atoms with van der Waals surface area (Å²) in [5, 5.41) is 22.6. The third-order valence-electron chi connectivity index (χ3n) is 7.82. The van der Waals surface area contributed by atoms with E-state index in [0.717, 1.165) is 37.1 Å². The van der Waals surface area contributed by atoms with Crippen molar-refractivity contribution in [2.75, 3.05) is 26.7 Å². The first kappa shape index (κ1) is 26.3. The van der Waals surface area contributed by atoms with Crippen LogP contribution in [0.3, 0.4) is 0 Å². The number of likely N-dealkylation sites (tertiary alicyclic amines) is 1. The molecule has 1 saturated carbocycles. The lowest BCUT2D eigenvalue weighted by molar-refractivity contribution is -0.138. The fourth-order valence-corrected chi connectivity index (χ4v) is 6.49. The zero-order valence-corrected chi connectivity index (χ0v) is 22.3. The normalized spacial score (nSPS) is 27.0. The van der Waals surface area contributed by atoms with Crippen molar-refractivity contribution in [3.05, 3.63) is 63.6 Å². The first-order valence-corrected chi connectivity index (χ1v) is 13.2. The Labute approximate surface area is 218 Å². The van der Waals surface area contributed by atoms with Crippen LogP contribution in [0.25, 0.3) is 0 Å². The van der Waals surface area contributed by atoms with Gasteiger partial charge in [0.15, 0.2) is 0 Å². The summed E-state index contributed by atoms with van der Waals surface area (Å²) in [4.78, 5) is 17.9. The average molecular weight is 520 g/mol. The number of carbonyl (C=O) groups excluding carboxylic acids is 1. The molecule has 4 rings (SSSR count). The Bertz CT molecular complexity index is 1060. The molecule has 2 aliphatic rings. The Morgan fingerprint density at radius 1 is 1.20 bits per heavy atom. The van der Waals surface area contributed by atoms with Crippen molar-refractivity contribution >= 4 is 29.1 Å². The molecule has 1 saturated heterocycles. The molecule has 1 aliphatic carbocycles. The first-order chi connectivity index (χ1) is 16.6. The quantitative estimate of drug-likeness (QED) is 0.555. The van der Waals surface area contributed by atoms with Gasteiger partial charge in [-0.2, -0.15) is 0 Å². The van der Waals surface area contributed by atoms with Crippen LogP contribution < -0.4 is 0 Å². The summed E-state index contributed by atoms with van der Waals surface area (Å²) in [5.74, 6) is 0.606. The van der Waals surface area contributed by atoms with Gasteiger partial charge in [-0.3, -0.25) is 4.79 Å². The third-order valence-corrected chi connectivity index (χ3v) is 8.56. The van der Waals surface area contributed by atoms with Crippen LogP contribution in [0.1, 0.15) is 44.2 Å². The minimum atomic E-state index is -0.536. The highest BCUT2D eigenvalue weighted by molar-refractivity contribution is 6.42. The lowest BCUT2D eigenvalue weighted by atomic mass is 9.56. The van der Waals surface area contributed by atoms with Crippen LogP contribution in [-0.4, -0.2) is 64.7 Å². The molecule has 4 atom stereocenters. The summed E-state index contributed by atoms with van der Waals surface area (Å²) in [5.41, 5.74) is 1.59. The van der Waals surface area contributed by atoms with Crippen molar-refractivity contribution in [3.8, 4) is 5.75 Å². The molecule has 2 fully saturated rings. The Morgan fingerprint density at radius 3 is 2.66 bits per heavy atom. The van der Waals surface area contributed by atoms with Crippen molar-refractivity contribution in [2.45, 2.75) is 57.1 Å². The highest BCUT2D eigenvalue weighted by Crippen LogP contribution is 2.50. The molecular weight excluding hydrogens is 483 g/mol. The number of phenolic OH excluding ortho intramolecular Hbond substituents is 1. The van der Waals surface area contributed by atoms with E-state index in [4.69, 9.17) is 23.2 Å². The van der Waals surface area contributed by atoms with Crippen molar-refractivity contribution in [1.82, 2.24) is 9.80 Å².